The van der Waals surface area contributed by atoms with Crippen molar-refractivity contribution in [1.82, 2.24) is 10.6 Å². The summed E-state index contributed by atoms with van der Waals surface area (Å²) >= 11 is 5.09. The number of hydrogen-bond donors (Lipinski definition) is 3. The van der Waals surface area contributed by atoms with E-state index < -0.39 is 5.41 Å². The third-order valence-electron chi connectivity index (χ3n) is 2.56. The van der Waals surface area contributed by atoms with Gasteiger partial charge in [-0.2, -0.15) is 0 Å². The molecule has 1 aromatic rings. The fraction of sp³-hybridized carbons (Fsp3) is 0.357. The Kier molecular flexibility index (Phi) is 5.21. The summed E-state index contributed by atoms with van der Waals surface area (Å²) in [6, 6.07) is 6.94. The smallest absolute Gasteiger partial charge is 0.253 e. The second kappa shape index (κ2) is 6.47. The van der Waals surface area contributed by atoms with Gasteiger partial charge in [0, 0.05) is 12.5 Å². The SMILES string of the molecule is CNC(=O)c1ccccc1NC(=S)NC(=O)C(C)(C)C. The molecule has 0 unspecified atom stereocenters. The third kappa shape index (κ3) is 4.31. The van der Waals surface area contributed by atoms with Crippen LogP contribution < -0.4 is 16.0 Å². The summed E-state index contributed by atoms with van der Waals surface area (Å²) in [6.45, 7) is 5.39. The standard InChI is InChI=1S/C14H19N3O2S/c1-14(2,3)12(19)17-13(20)16-10-8-6-5-7-9(10)11(18)15-4/h5-8H,1-4H3,(H,15,18)(H2,16,17,19,20). The van der Waals surface area contributed by atoms with Gasteiger partial charge in [-0.05, 0) is 24.4 Å². The molecule has 5 nitrogen and oxygen atoms in total. The lowest BCUT2D eigenvalue weighted by Gasteiger charge is -2.19. The van der Waals surface area contributed by atoms with Gasteiger partial charge in [0.1, 0.15) is 0 Å². The van der Waals surface area contributed by atoms with Gasteiger partial charge in [0.05, 0.1) is 11.3 Å². The molecule has 0 aliphatic carbocycles. The lowest BCUT2D eigenvalue weighted by Crippen LogP contribution is -2.41. The highest BCUT2D eigenvalue weighted by Gasteiger charge is 2.22. The van der Waals surface area contributed by atoms with Gasteiger partial charge in [0.2, 0.25) is 5.91 Å². The van der Waals surface area contributed by atoms with E-state index in [0.717, 1.165) is 0 Å². The molecule has 1 rings (SSSR count). The maximum Gasteiger partial charge on any atom is 0.253 e. The molecule has 0 atom stereocenters. The van der Waals surface area contributed by atoms with E-state index in [-0.39, 0.29) is 16.9 Å². The minimum absolute atomic E-state index is 0.168. The molecule has 0 heterocycles. The fourth-order valence-corrected chi connectivity index (χ4v) is 1.57. The van der Waals surface area contributed by atoms with E-state index in [0.29, 0.717) is 11.3 Å². The number of anilines is 1. The molecule has 0 radical (unpaired) electrons. The van der Waals surface area contributed by atoms with Gasteiger partial charge in [0.25, 0.3) is 5.91 Å². The van der Waals surface area contributed by atoms with Crippen molar-refractivity contribution < 1.29 is 9.59 Å². The maximum atomic E-state index is 11.8. The van der Waals surface area contributed by atoms with E-state index in [2.05, 4.69) is 16.0 Å². The third-order valence-corrected chi connectivity index (χ3v) is 2.76. The second-order valence-corrected chi connectivity index (χ2v) is 5.69. The number of thiocarbonyl (C=S) groups is 1. The maximum absolute atomic E-state index is 11.8. The van der Waals surface area contributed by atoms with Crippen LogP contribution in [0.2, 0.25) is 0 Å². The van der Waals surface area contributed by atoms with E-state index in [1.54, 1.807) is 52.1 Å². The number of carbonyl (C=O) groups excluding carboxylic acids is 2. The van der Waals surface area contributed by atoms with Crippen LogP contribution in [-0.2, 0) is 4.79 Å². The minimum atomic E-state index is -0.536. The molecule has 0 saturated carbocycles. The normalized spacial score (nSPS) is 10.6. The van der Waals surface area contributed by atoms with Gasteiger partial charge >= 0.3 is 0 Å². The predicted octanol–water partition coefficient (Wildman–Crippen LogP) is 1.91. The van der Waals surface area contributed by atoms with E-state index in [1.807, 2.05) is 0 Å². The quantitative estimate of drug-likeness (QED) is 0.729. The summed E-state index contributed by atoms with van der Waals surface area (Å²) in [5.41, 5.74) is 0.472. The van der Waals surface area contributed by atoms with Crippen LogP contribution in [-0.4, -0.2) is 24.0 Å². The average Bonchev–Trinajstić information content (AvgIpc) is 2.37. The number of carbonyl (C=O) groups is 2. The highest BCUT2D eigenvalue weighted by atomic mass is 32.1. The van der Waals surface area contributed by atoms with E-state index in [9.17, 15) is 9.59 Å². The number of para-hydroxylation sites is 1. The van der Waals surface area contributed by atoms with Gasteiger partial charge in [-0.3, -0.25) is 9.59 Å². The summed E-state index contributed by atoms with van der Waals surface area (Å²) in [7, 11) is 1.55. The van der Waals surface area contributed by atoms with Crippen LogP contribution in [0.4, 0.5) is 5.69 Å². The first-order valence-corrected chi connectivity index (χ1v) is 6.60. The van der Waals surface area contributed by atoms with Crippen LogP contribution in [0.1, 0.15) is 31.1 Å². The topological polar surface area (TPSA) is 70.2 Å². The van der Waals surface area contributed by atoms with Gasteiger partial charge < -0.3 is 16.0 Å². The summed E-state index contributed by atoms with van der Waals surface area (Å²) in [5.74, 6) is -0.412. The second-order valence-electron chi connectivity index (χ2n) is 5.28. The molecule has 0 spiro atoms. The average molecular weight is 293 g/mol. The molecule has 20 heavy (non-hydrogen) atoms. The Bertz CT molecular complexity index is 535. The first kappa shape index (κ1) is 16.1. The van der Waals surface area contributed by atoms with Crippen molar-refractivity contribution in [3.05, 3.63) is 29.8 Å². The van der Waals surface area contributed by atoms with Crippen LogP contribution in [0.3, 0.4) is 0 Å². The zero-order valence-electron chi connectivity index (χ0n) is 12.0. The molecule has 1 aromatic carbocycles. The number of nitrogens with one attached hydrogen (secondary N) is 3. The van der Waals surface area contributed by atoms with Crippen molar-refractivity contribution in [1.29, 1.82) is 0 Å². The first-order valence-electron chi connectivity index (χ1n) is 6.19. The lowest BCUT2D eigenvalue weighted by atomic mass is 9.96. The number of rotatable bonds is 2. The van der Waals surface area contributed by atoms with Crippen LogP contribution >= 0.6 is 12.2 Å². The molecular weight excluding hydrogens is 274 g/mol. The molecule has 0 aliphatic heterocycles. The van der Waals surface area contributed by atoms with Crippen LogP contribution in [0.15, 0.2) is 24.3 Å². The van der Waals surface area contributed by atoms with Gasteiger partial charge in [-0.1, -0.05) is 32.9 Å². The Morgan fingerprint density at radius 3 is 2.30 bits per heavy atom. The van der Waals surface area contributed by atoms with Crippen molar-refractivity contribution in [3.63, 3.8) is 0 Å². The van der Waals surface area contributed by atoms with E-state index >= 15 is 0 Å². The summed E-state index contributed by atoms with van der Waals surface area (Å²) in [5, 5.41) is 8.19. The number of benzene rings is 1. The molecular formula is C14H19N3O2S. The molecule has 6 heteroatoms. The summed E-state index contributed by atoms with van der Waals surface area (Å²) in [6.07, 6.45) is 0. The van der Waals surface area contributed by atoms with Crippen LogP contribution in [0.5, 0.6) is 0 Å². The van der Waals surface area contributed by atoms with Crippen LogP contribution in [0.25, 0.3) is 0 Å². The largest absolute Gasteiger partial charge is 0.355 e. The Morgan fingerprint density at radius 2 is 1.75 bits per heavy atom. The lowest BCUT2D eigenvalue weighted by molar-refractivity contribution is -0.126. The molecule has 0 fully saturated rings. The zero-order chi connectivity index (χ0) is 15.3. The Labute approximate surface area is 124 Å². The molecule has 0 aliphatic rings. The van der Waals surface area contributed by atoms with Gasteiger partial charge in [0.15, 0.2) is 5.11 Å². The van der Waals surface area contributed by atoms with E-state index in [1.165, 1.54) is 0 Å². The van der Waals surface area contributed by atoms with Crippen molar-refractivity contribution in [3.8, 4) is 0 Å². The minimum Gasteiger partial charge on any atom is -0.355 e. The van der Waals surface area contributed by atoms with Crippen LogP contribution in [0, 0.1) is 5.41 Å². The van der Waals surface area contributed by atoms with Crippen molar-refractivity contribution in [2.45, 2.75) is 20.8 Å². The molecule has 3 N–H and O–H groups in total. The monoisotopic (exact) mass is 293 g/mol. The van der Waals surface area contributed by atoms with Gasteiger partial charge in [-0.25, -0.2) is 0 Å². The Hall–Kier alpha value is -1.95. The first-order chi connectivity index (χ1) is 9.25. The van der Waals surface area contributed by atoms with E-state index in [4.69, 9.17) is 12.2 Å². The Balaban J connectivity index is 2.82. The zero-order valence-corrected chi connectivity index (χ0v) is 12.9. The summed E-state index contributed by atoms with van der Waals surface area (Å²) in [4.78, 5) is 23.5. The summed E-state index contributed by atoms with van der Waals surface area (Å²) < 4.78 is 0. The highest BCUT2D eigenvalue weighted by molar-refractivity contribution is 7.80. The van der Waals surface area contributed by atoms with Crippen molar-refractivity contribution in [2.24, 2.45) is 5.41 Å². The van der Waals surface area contributed by atoms with Gasteiger partial charge in [-0.15, -0.1) is 0 Å². The molecule has 0 saturated heterocycles. The number of amides is 2. The predicted molar refractivity (Wildman–Crippen MR) is 83.7 cm³/mol. The molecule has 0 aromatic heterocycles. The van der Waals surface area contributed by atoms with Crippen molar-refractivity contribution in [2.75, 3.05) is 12.4 Å². The molecule has 2 amide bonds. The molecule has 108 valence electrons. The molecule has 0 bridgehead atoms. The number of hydrogen-bond acceptors (Lipinski definition) is 3. The van der Waals surface area contributed by atoms with Crippen molar-refractivity contribution >= 4 is 34.8 Å². The Morgan fingerprint density at radius 1 is 1.15 bits per heavy atom. The fourth-order valence-electron chi connectivity index (χ4n) is 1.37. The highest BCUT2D eigenvalue weighted by Crippen LogP contribution is 2.16.